The van der Waals surface area contributed by atoms with Crippen molar-refractivity contribution in [1.29, 1.82) is 0 Å². The molecule has 7 nitrogen and oxygen atoms in total. The summed E-state index contributed by atoms with van der Waals surface area (Å²) in [6.07, 6.45) is -2.41. The molecule has 0 radical (unpaired) electrons. The second kappa shape index (κ2) is 8.44. The van der Waals surface area contributed by atoms with Crippen molar-refractivity contribution in [3.05, 3.63) is 42.4 Å². The first-order valence-electron chi connectivity index (χ1n) is 9.59. The van der Waals surface area contributed by atoms with Crippen molar-refractivity contribution in [2.24, 2.45) is 11.7 Å². The molecule has 1 unspecified atom stereocenters. The van der Waals surface area contributed by atoms with Crippen LogP contribution in [0.3, 0.4) is 0 Å². The Balaban J connectivity index is 1.96. The third-order valence-corrected chi connectivity index (χ3v) is 4.63. The molecule has 0 aliphatic heterocycles. The highest BCUT2D eigenvalue weighted by atomic mass is 19.4. The van der Waals surface area contributed by atoms with Gasteiger partial charge in [-0.15, -0.1) is 0 Å². The number of hydrogen-bond donors (Lipinski definition) is 2. The molecule has 1 amide bonds. The number of nitrogens with one attached hydrogen (secondary N) is 1. The van der Waals surface area contributed by atoms with Crippen molar-refractivity contribution >= 4 is 17.1 Å². The molecule has 1 aromatic carbocycles. The van der Waals surface area contributed by atoms with E-state index in [2.05, 4.69) is 15.0 Å². The fourth-order valence-corrected chi connectivity index (χ4v) is 3.59. The van der Waals surface area contributed by atoms with E-state index in [1.54, 1.807) is 19.2 Å². The third kappa shape index (κ3) is 5.25. The van der Waals surface area contributed by atoms with Gasteiger partial charge < -0.3 is 20.2 Å². The van der Waals surface area contributed by atoms with Crippen molar-refractivity contribution in [3.63, 3.8) is 0 Å². The van der Waals surface area contributed by atoms with E-state index in [4.69, 9.17) is 15.2 Å². The fraction of sp³-hybridized carbons (Fsp3) is 0.381. The molecule has 0 saturated carbocycles. The number of ether oxygens (including phenoxy) is 2. The van der Waals surface area contributed by atoms with Gasteiger partial charge in [0.15, 0.2) is 0 Å². The van der Waals surface area contributed by atoms with Crippen LogP contribution < -0.4 is 10.5 Å². The number of halogens is 3. The number of nitrogens with two attached hydrogens (primary N) is 1. The minimum atomic E-state index is -4.67. The molecule has 3 rings (SSSR count). The molecule has 1 atom stereocenters. The van der Waals surface area contributed by atoms with Gasteiger partial charge in [-0.3, -0.25) is 0 Å². The number of aromatic nitrogens is 3. The maximum atomic E-state index is 13.8. The molecule has 0 spiro atoms. The van der Waals surface area contributed by atoms with Gasteiger partial charge in [-0.25, -0.2) is 14.8 Å². The summed E-state index contributed by atoms with van der Waals surface area (Å²) >= 11 is 0. The lowest BCUT2D eigenvalue weighted by Crippen LogP contribution is -2.41. The Labute approximate surface area is 176 Å². The lowest BCUT2D eigenvalue weighted by Gasteiger charge is -2.30. The Kier molecular flexibility index (Phi) is 6.10. The van der Waals surface area contributed by atoms with Gasteiger partial charge in [-0.1, -0.05) is 13.8 Å². The van der Waals surface area contributed by atoms with Crippen LogP contribution in [-0.4, -0.2) is 33.3 Å². The maximum Gasteiger partial charge on any atom is 0.419 e. The first kappa shape index (κ1) is 22.4. The zero-order chi connectivity index (χ0) is 22.8. The van der Waals surface area contributed by atoms with E-state index in [9.17, 15) is 18.0 Å². The Morgan fingerprint density at radius 3 is 2.61 bits per heavy atom. The largest absolute Gasteiger partial charge is 0.489 e. The summed E-state index contributed by atoms with van der Waals surface area (Å²) in [7, 11) is 0. The normalized spacial score (nSPS) is 13.9. The first-order valence-corrected chi connectivity index (χ1v) is 9.59. The van der Waals surface area contributed by atoms with Gasteiger partial charge in [0.25, 0.3) is 0 Å². The zero-order valence-electron chi connectivity index (χ0n) is 17.3. The van der Waals surface area contributed by atoms with Crippen LogP contribution in [0.1, 0.15) is 32.8 Å². The Bertz CT molecular complexity index is 1080. The predicted octanol–water partition coefficient (Wildman–Crippen LogP) is 4.92. The Morgan fingerprint density at radius 2 is 1.97 bits per heavy atom. The average Bonchev–Trinajstić information content (AvgIpc) is 3.13. The van der Waals surface area contributed by atoms with Crippen molar-refractivity contribution in [2.75, 3.05) is 6.61 Å². The fourth-order valence-electron chi connectivity index (χ4n) is 3.59. The van der Waals surface area contributed by atoms with Crippen LogP contribution in [0.5, 0.6) is 5.75 Å². The van der Waals surface area contributed by atoms with Crippen LogP contribution in [-0.2, 0) is 10.9 Å². The lowest BCUT2D eigenvalue weighted by molar-refractivity contribution is -0.139. The molecule has 3 N–H and O–H groups in total. The highest BCUT2D eigenvalue weighted by molar-refractivity contribution is 5.90. The number of carbonyl (C=O) groups is 1. The summed E-state index contributed by atoms with van der Waals surface area (Å²) in [5.74, 6) is -0.280. The number of hydrogen-bond acceptors (Lipinski definition) is 5. The van der Waals surface area contributed by atoms with E-state index >= 15 is 0 Å². The van der Waals surface area contributed by atoms with Gasteiger partial charge in [0, 0.05) is 17.1 Å². The number of H-pyrrole nitrogens is 1. The molecule has 0 aliphatic rings. The summed E-state index contributed by atoms with van der Waals surface area (Å²) < 4.78 is 52.1. The van der Waals surface area contributed by atoms with Crippen molar-refractivity contribution in [2.45, 2.75) is 39.0 Å². The maximum absolute atomic E-state index is 13.8. The van der Waals surface area contributed by atoms with E-state index in [1.165, 1.54) is 18.5 Å². The number of carbonyl (C=O) groups excluding carboxylic acids is 1. The Hall–Kier alpha value is -3.30. The van der Waals surface area contributed by atoms with E-state index < -0.39 is 23.4 Å². The molecule has 31 heavy (non-hydrogen) atoms. The SMILES string of the molecule is CC(C)CC(C)(COc1ccc(-c2ncnc3[nH]ccc23)cc1C(F)(F)F)OC(N)=O. The number of nitrogens with zero attached hydrogens (tertiary/aromatic N) is 2. The summed E-state index contributed by atoms with van der Waals surface area (Å²) in [4.78, 5) is 22.4. The number of rotatable bonds is 7. The summed E-state index contributed by atoms with van der Waals surface area (Å²) in [6, 6.07) is 5.41. The number of fused-ring (bicyclic) bond motifs is 1. The monoisotopic (exact) mass is 436 g/mol. The van der Waals surface area contributed by atoms with Crippen LogP contribution in [0.15, 0.2) is 36.8 Å². The van der Waals surface area contributed by atoms with Crippen LogP contribution >= 0.6 is 0 Å². The quantitative estimate of drug-likeness (QED) is 0.547. The van der Waals surface area contributed by atoms with Gasteiger partial charge in [0.1, 0.15) is 29.9 Å². The minimum absolute atomic E-state index is 0.0962. The number of primary amides is 1. The highest BCUT2D eigenvalue weighted by Crippen LogP contribution is 2.40. The molecule has 0 saturated heterocycles. The molecule has 0 bridgehead atoms. The second-order valence-electron chi connectivity index (χ2n) is 7.93. The summed E-state index contributed by atoms with van der Waals surface area (Å²) in [5.41, 5.74) is 4.15. The lowest BCUT2D eigenvalue weighted by atomic mass is 9.95. The van der Waals surface area contributed by atoms with Gasteiger partial charge in [-0.05, 0) is 43.5 Å². The molecule has 166 valence electrons. The van der Waals surface area contributed by atoms with E-state index in [0.717, 1.165) is 6.07 Å². The van der Waals surface area contributed by atoms with E-state index in [1.807, 2.05) is 13.8 Å². The smallest absolute Gasteiger partial charge is 0.419 e. The van der Waals surface area contributed by atoms with Gasteiger partial charge in [0.05, 0.1) is 11.3 Å². The molecule has 0 aliphatic carbocycles. The van der Waals surface area contributed by atoms with E-state index in [0.29, 0.717) is 23.1 Å². The van der Waals surface area contributed by atoms with Crippen LogP contribution in [0.4, 0.5) is 18.0 Å². The molecule has 0 fully saturated rings. The molecule has 3 aromatic rings. The second-order valence-corrected chi connectivity index (χ2v) is 7.93. The van der Waals surface area contributed by atoms with Gasteiger partial charge >= 0.3 is 12.3 Å². The topological polar surface area (TPSA) is 103 Å². The summed E-state index contributed by atoms with van der Waals surface area (Å²) in [6.45, 7) is 5.07. The number of amides is 1. The molecule has 2 aromatic heterocycles. The average molecular weight is 436 g/mol. The van der Waals surface area contributed by atoms with Crippen molar-refractivity contribution < 1.29 is 27.4 Å². The van der Waals surface area contributed by atoms with Crippen LogP contribution in [0, 0.1) is 5.92 Å². The number of aromatic amines is 1. The molecular formula is C21H23F3N4O3. The zero-order valence-corrected chi connectivity index (χ0v) is 17.3. The molecule has 2 heterocycles. The van der Waals surface area contributed by atoms with Crippen molar-refractivity contribution in [3.8, 4) is 17.0 Å². The number of benzene rings is 1. The first-order chi connectivity index (χ1) is 14.5. The van der Waals surface area contributed by atoms with Crippen molar-refractivity contribution in [1.82, 2.24) is 15.0 Å². The van der Waals surface area contributed by atoms with Gasteiger partial charge in [-0.2, -0.15) is 13.2 Å². The van der Waals surface area contributed by atoms with E-state index in [-0.39, 0.29) is 23.8 Å². The predicted molar refractivity (Wildman–Crippen MR) is 108 cm³/mol. The van der Waals surface area contributed by atoms with Crippen LogP contribution in [0.25, 0.3) is 22.3 Å². The standard InChI is InChI=1S/C21H23F3N4O3/c1-12(2)9-20(3,31-19(25)29)10-30-16-5-4-13(8-15(16)21(22,23)24)17-14-6-7-26-18(14)28-11-27-17/h4-8,11-12H,9-10H2,1-3H3,(H2,25,29)(H,26,27,28). The number of alkyl halides is 3. The van der Waals surface area contributed by atoms with Gasteiger partial charge in [0.2, 0.25) is 0 Å². The summed E-state index contributed by atoms with van der Waals surface area (Å²) in [5, 5.41) is 0.601. The Morgan fingerprint density at radius 1 is 1.23 bits per heavy atom. The molecular weight excluding hydrogens is 413 g/mol. The minimum Gasteiger partial charge on any atom is -0.489 e. The highest BCUT2D eigenvalue weighted by Gasteiger charge is 2.37. The third-order valence-electron chi connectivity index (χ3n) is 4.63. The molecule has 10 heteroatoms. The van der Waals surface area contributed by atoms with Crippen LogP contribution in [0.2, 0.25) is 0 Å².